The summed E-state index contributed by atoms with van der Waals surface area (Å²) in [6, 6.07) is 3.28. The Hall–Kier alpha value is -2.15. The van der Waals surface area contributed by atoms with E-state index in [0.29, 0.717) is 17.8 Å². The van der Waals surface area contributed by atoms with Gasteiger partial charge in [-0.2, -0.15) is 5.10 Å². The topological polar surface area (TPSA) is 68.4 Å². The predicted molar refractivity (Wildman–Crippen MR) is 92.2 cm³/mol. The first-order valence-electron chi connectivity index (χ1n) is 7.72. The van der Waals surface area contributed by atoms with Crippen LogP contribution in [0.4, 0.5) is 0 Å². The van der Waals surface area contributed by atoms with Gasteiger partial charge in [0, 0.05) is 6.04 Å². The van der Waals surface area contributed by atoms with Gasteiger partial charge in [-0.1, -0.05) is 6.92 Å². The number of amides is 1. The molecule has 0 aromatic carbocycles. The van der Waals surface area contributed by atoms with Crippen LogP contribution in [0.15, 0.2) is 22.3 Å². The van der Waals surface area contributed by atoms with E-state index in [1.54, 1.807) is 11.3 Å². The Kier molecular flexibility index (Phi) is 3.97. The van der Waals surface area contributed by atoms with Crippen molar-refractivity contribution in [3.63, 3.8) is 0 Å². The number of aromatic nitrogens is 3. The number of nitrogens with one attached hydrogen (secondary N) is 1. The molecule has 0 bridgehead atoms. The number of hydrogen-bond acceptors (Lipinski definition) is 4. The molecule has 0 fully saturated rings. The third-order valence-electron chi connectivity index (χ3n) is 3.84. The summed E-state index contributed by atoms with van der Waals surface area (Å²) in [4.78, 5) is 25.2. The van der Waals surface area contributed by atoms with Gasteiger partial charge in [0.15, 0.2) is 0 Å². The molecule has 3 aromatic rings. The number of carbonyl (C=O) groups excluding carboxylic acids is 1. The van der Waals surface area contributed by atoms with Gasteiger partial charge in [-0.15, -0.1) is 11.3 Å². The van der Waals surface area contributed by atoms with Gasteiger partial charge in [0.05, 0.1) is 10.2 Å². The van der Waals surface area contributed by atoms with E-state index in [0.717, 1.165) is 10.2 Å². The van der Waals surface area contributed by atoms with Crippen LogP contribution in [0.25, 0.3) is 15.7 Å². The Morgan fingerprint density at radius 2 is 2.13 bits per heavy atom. The maximum atomic E-state index is 12.8. The van der Waals surface area contributed by atoms with Gasteiger partial charge < -0.3 is 5.32 Å². The number of hydrogen-bond donors (Lipinski definition) is 1. The van der Waals surface area contributed by atoms with Crippen molar-refractivity contribution < 1.29 is 4.79 Å². The molecule has 0 radical (unpaired) electrons. The van der Waals surface area contributed by atoms with Gasteiger partial charge in [0.25, 0.3) is 5.56 Å². The molecule has 0 saturated carbocycles. The maximum absolute atomic E-state index is 12.8. The molecule has 3 heterocycles. The zero-order chi connectivity index (χ0) is 16.7. The van der Waals surface area contributed by atoms with Gasteiger partial charge in [-0.3, -0.25) is 14.0 Å². The molecule has 7 heteroatoms. The van der Waals surface area contributed by atoms with Gasteiger partial charge in [-0.05, 0) is 44.7 Å². The Balaban J connectivity index is 2.19. The number of thiophene rings is 1. The molecule has 23 heavy (non-hydrogen) atoms. The Bertz CT molecular complexity index is 935. The largest absolute Gasteiger partial charge is 0.352 e. The van der Waals surface area contributed by atoms with E-state index in [-0.39, 0.29) is 17.5 Å². The second kappa shape index (κ2) is 5.81. The van der Waals surface area contributed by atoms with Crippen molar-refractivity contribution in [2.24, 2.45) is 0 Å². The first kappa shape index (κ1) is 15.7. The third kappa shape index (κ3) is 2.55. The molecular weight excluding hydrogens is 312 g/mol. The van der Waals surface area contributed by atoms with E-state index in [2.05, 4.69) is 10.4 Å². The molecule has 0 aliphatic carbocycles. The van der Waals surface area contributed by atoms with Crippen LogP contribution in [0.2, 0.25) is 0 Å². The maximum Gasteiger partial charge on any atom is 0.291 e. The van der Waals surface area contributed by atoms with Crippen molar-refractivity contribution in [2.45, 2.75) is 46.2 Å². The molecule has 0 aliphatic rings. The normalized spacial score (nSPS) is 13.1. The molecule has 0 aliphatic heterocycles. The molecule has 1 N–H and O–H groups in total. The minimum absolute atomic E-state index is 0.0238. The molecule has 1 amide bonds. The molecular formula is C16H20N4O2S. The number of aryl methyl sites for hydroxylation is 1. The third-order valence-corrected chi connectivity index (χ3v) is 4.69. The van der Waals surface area contributed by atoms with Crippen LogP contribution in [-0.4, -0.2) is 26.1 Å². The van der Waals surface area contributed by atoms with Crippen molar-refractivity contribution in [1.29, 1.82) is 0 Å². The molecule has 1 unspecified atom stereocenters. The summed E-state index contributed by atoms with van der Waals surface area (Å²) in [6.45, 7) is 7.54. The number of carbonyl (C=O) groups is 1. The molecule has 122 valence electrons. The fraction of sp³-hybridized carbons (Fsp3) is 0.438. The zero-order valence-corrected chi connectivity index (χ0v) is 14.5. The van der Waals surface area contributed by atoms with Crippen LogP contribution in [-0.2, 0) is 4.79 Å². The summed E-state index contributed by atoms with van der Waals surface area (Å²) < 4.78 is 4.23. The zero-order valence-electron chi connectivity index (χ0n) is 13.7. The summed E-state index contributed by atoms with van der Waals surface area (Å²) in [5.41, 5.74) is 1.32. The van der Waals surface area contributed by atoms with Gasteiger partial charge in [0.2, 0.25) is 5.91 Å². The lowest BCUT2D eigenvalue weighted by Gasteiger charge is -2.19. The number of nitrogens with zero attached hydrogens (tertiary/aromatic N) is 3. The highest BCUT2D eigenvalue weighted by Gasteiger charge is 2.23. The lowest BCUT2D eigenvalue weighted by molar-refractivity contribution is -0.125. The molecule has 3 aromatic heterocycles. The van der Waals surface area contributed by atoms with Crippen molar-refractivity contribution in [1.82, 2.24) is 19.5 Å². The summed E-state index contributed by atoms with van der Waals surface area (Å²) in [6.07, 6.45) is 0.510. The van der Waals surface area contributed by atoms with E-state index in [4.69, 9.17) is 0 Å². The highest BCUT2D eigenvalue weighted by atomic mass is 32.1. The van der Waals surface area contributed by atoms with Crippen LogP contribution in [0, 0.1) is 6.92 Å². The lowest BCUT2D eigenvalue weighted by atomic mass is 10.2. The molecule has 1 atom stereocenters. The summed E-state index contributed by atoms with van der Waals surface area (Å²) in [5, 5.41) is 9.27. The van der Waals surface area contributed by atoms with Crippen LogP contribution < -0.4 is 10.9 Å². The smallest absolute Gasteiger partial charge is 0.291 e. The average molecular weight is 332 g/mol. The summed E-state index contributed by atoms with van der Waals surface area (Å²) in [5.74, 6) is 0.526. The minimum Gasteiger partial charge on any atom is -0.352 e. The molecule has 6 nitrogen and oxygen atoms in total. The second-order valence-corrected chi connectivity index (χ2v) is 6.87. The van der Waals surface area contributed by atoms with Crippen molar-refractivity contribution in [3.05, 3.63) is 33.7 Å². The highest BCUT2D eigenvalue weighted by molar-refractivity contribution is 7.17. The van der Waals surface area contributed by atoms with Crippen LogP contribution >= 0.6 is 11.3 Å². The van der Waals surface area contributed by atoms with Gasteiger partial charge in [0.1, 0.15) is 17.4 Å². The van der Waals surface area contributed by atoms with Gasteiger partial charge >= 0.3 is 0 Å². The highest BCUT2D eigenvalue weighted by Crippen LogP contribution is 2.24. The molecule has 3 rings (SSSR count). The van der Waals surface area contributed by atoms with E-state index in [9.17, 15) is 9.59 Å². The average Bonchev–Trinajstić information content (AvgIpc) is 3.04. The standard InChI is InChI=1S/C16H20N4O2S/c1-5-11(15(21)17-9(2)3)20-16(22)13-8-14-12(6-7-23-14)19(13)10(4)18-20/h6-9,11H,5H2,1-4H3,(H,17,21). The van der Waals surface area contributed by atoms with Crippen molar-refractivity contribution in [2.75, 3.05) is 0 Å². The Morgan fingerprint density at radius 1 is 1.39 bits per heavy atom. The lowest BCUT2D eigenvalue weighted by Crippen LogP contribution is -2.41. The molecule has 0 spiro atoms. The van der Waals surface area contributed by atoms with Crippen molar-refractivity contribution >= 4 is 33.0 Å². The van der Waals surface area contributed by atoms with Gasteiger partial charge in [-0.25, -0.2) is 4.68 Å². The fourth-order valence-electron chi connectivity index (χ4n) is 2.86. The first-order chi connectivity index (χ1) is 10.9. The quantitative estimate of drug-likeness (QED) is 0.798. The monoisotopic (exact) mass is 332 g/mol. The van der Waals surface area contributed by atoms with Crippen LogP contribution in [0.3, 0.4) is 0 Å². The van der Waals surface area contributed by atoms with E-state index >= 15 is 0 Å². The van der Waals surface area contributed by atoms with E-state index < -0.39 is 6.04 Å². The van der Waals surface area contributed by atoms with E-state index in [1.165, 1.54) is 4.68 Å². The summed E-state index contributed by atoms with van der Waals surface area (Å²) in [7, 11) is 0. The van der Waals surface area contributed by atoms with E-state index in [1.807, 2.05) is 49.6 Å². The summed E-state index contributed by atoms with van der Waals surface area (Å²) >= 11 is 1.59. The fourth-order valence-corrected chi connectivity index (χ4v) is 3.66. The molecule has 0 saturated heterocycles. The number of rotatable bonds is 4. The SMILES string of the molecule is CCC(C(=O)NC(C)C)n1nc(C)n2c(cc3sccc32)c1=O. The number of fused-ring (bicyclic) bond motifs is 3. The predicted octanol–water partition coefficient (Wildman–Crippen LogP) is 2.49. The van der Waals surface area contributed by atoms with Crippen LogP contribution in [0.1, 0.15) is 39.1 Å². The van der Waals surface area contributed by atoms with Crippen molar-refractivity contribution in [3.8, 4) is 0 Å². The minimum atomic E-state index is -0.596. The Labute approximate surface area is 137 Å². The van der Waals surface area contributed by atoms with Crippen LogP contribution in [0.5, 0.6) is 0 Å². The first-order valence-corrected chi connectivity index (χ1v) is 8.60. The Morgan fingerprint density at radius 3 is 2.78 bits per heavy atom. The second-order valence-electron chi connectivity index (χ2n) is 5.92.